The lowest BCUT2D eigenvalue weighted by Crippen LogP contribution is -2.35. The highest BCUT2D eigenvalue weighted by Crippen LogP contribution is 2.26. The van der Waals surface area contributed by atoms with Crippen LogP contribution in [-0.2, 0) is 5.54 Å². The van der Waals surface area contributed by atoms with E-state index in [4.69, 9.17) is 0 Å². The van der Waals surface area contributed by atoms with Crippen LogP contribution < -0.4 is 5.32 Å². The van der Waals surface area contributed by atoms with E-state index >= 15 is 0 Å². The van der Waals surface area contributed by atoms with Crippen molar-refractivity contribution in [3.8, 4) is 0 Å². The summed E-state index contributed by atoms with van der Waals surface area (Å²) in [6.07, 6.45) is 0. The third-order valence-corrected chi connectivity index (χ3v) is 3.52. The summed E-state index contributed by atoms with van der Waals surface area (Å²) in [4.78, 5) is 0. The van der Waals surface area contributed by atoms with Crippen molar-refractivity contribution in [3.05, 3.63) is 64.6 Å². The van der Waals surface area contributed by atoms with Crippen LogP contribution >= 0.6 is 15.9 Å². The van der Waals surface area contributed by atoms with E-state index in [2.05, 4.69) is 21.2 Å². The molecule has 0 aromatic heterocycles. The van der Waals surface area contributed by atoms with Gasteiger partial charge in [0.05, 0.1) is 12.1 Å². The van der Waals surface area contributed by atoms with Crippen LogP contribution in [0.2, 0.25) is 0 Å². The van der Waals surface area contributed by atoms with Gasteiger partial charge in [0.25, 0.3) is 0 Å². The number of halogens is 1. The fourth-order valence-electron chi connectivity index (χ4n) is 1.86. The number of aliphatic hydroxyl groups is 1. The Labute approximate surface area is 116 Å². The van der Waals surface area contributed by atoms with Gasteiger partial charge in [0.15, 0.2) is 0 Å². The van der Waals surface area contributed by atoms with Gasteiger partial charge in [-0.15, -0.1) is 0 Å². The molecular weight excluding hydrogens is 290 g/mol. The van der Waals surface area contributed by atoms with Gasteiger partial charge in [-0.3, -0.25) is 0 Å². The van der Waals surface area contributed by atoms with Gasteiger partial charge >= 0.3 is 0 Å². The van der Waals surface area contributed by atoms with E-state index in [1.165, 1.54) is 0 Å². The molecule has 94 valence electrons. The predicted molar refractivity (Wildman–Crippen MR) is 78.6 cm³/mol. The van der Waals surface area contributed by atoms with Gasteiger partial charge in [-0.2, -0.15) is 0 Å². The Morgan fingerprint density at radius 2 is 1.67 bits per heavy atom. The molecule has 0 heterocycles. The second kappa shape index (κ2) is 5.55. The Hall–Kier alpha value is -1.32. The van der Waals surface area contributed by atoms with Crippen LogP contribution in [0.5, 0.6) is 0 Å². The Balaban J connectivity index is 2.26. The van der Waals surface area contributed by atoms with Crippen molar-refractivity contribution in [3.63, 3.8) is 0 Å². The number of benzene rings is 2. The third-order valence-electron chi connectivity index (χ3n) is 2.99. The zero-order chi connectivity index (χ0) is 13.0. The molecule has 0 radical (unpaired) electrons. The standard InChI is InChI=1S/C15H16BrNO/c1-15(11-18,12-5-3-2-4-6-12)17-14-9-7-13(16)8-10-14/h2-10,17-18H,11H2,1H3. The maximum atomic E-state index is 9.68. The van der Waals surface area contributed by atoms with Crippen molar-refractivity contribution in [2.45, 2.75) is 12.5 Å². The molecule has 1 unspecified atom stereocenters. The molecule has 2 N–H and O–H groups in total. The first-order valence-electron chi connectivity index (χ1n) is 5.84. The van der Waals surface area contributed by atoms with Crippen molar-refractivity contribution in [1.29, 1.82) is 0 Å². The van der Waals surface area contributed by atoms with Gasteiger partial charge in [0.1, 0.15) is 0 Å². The summed E-state index contributed by atoms with van der Waals surface area (Å²) in [7, 11) is 0. The fourth-order valence-corrected chi connectivity index (χ4v) is 2.13. The molecule has 0 aliphatic heterocycles. The molecule has 18 heavy (non-hydrogen) atoms. The molecule has 0 fully saturated rings. The van der Waals surface area contributed by atoms with Crippen LogP contribution in [0.3, 0.4) is 0 Å². The molecule has 0 amide bonds. The highest BCUT2D eigenvalue weighted by Gasteiger charge is 2.25. The molecule has 3 heteroatoms. The molecule has 0 saturated heterocycles. The van der Waals surface area contributed by atoms with E-state index in [1.807, 2.05) is 61.5 Å². The number of hydrogen-bond acceptors (Lipinski definition) is 2. The lowest BCUT2D eigenvalue weighted by atomic mass is 9.92. The Morgan fingerprint density at radius 3 is 2.22 bits per heavy atom. The van der Waals surface area contributed by atoms with Crippen molar-refractivity contribution in [1.82, 2.24) is 0 Å². The van der Waals surface area contributed by atoms with Gasteiger partial charge < -0.3 is 10.4 Å². The lowest BCUT2D eigenvalue weighted by Gasteiger charge is -2.30. The smallest absolute Gasteiger partial charge is 0.0828 e. The minimum atomic E-state index is -0.477. The van der Waals surface area contributed by atoms with Gasteiger partial charge in [-0.05, 0) is 36.8 Å². The topological polar surface area (TPSA) is 32.3 Å². The largest absolute Gasteiger partial charge is 0.394 e. The van der Waals surface area contributed by atoms with Crippen LogP contribution in [0.4, 0.5) is 5.69 Å². The SMILES string of the molecule is CC(CO)(Nc1ccc(Br)cc1)c1ccccc1. The third kappa shape index (κ3) is 2.92. The zero-order valence-electron chi connectivity index (χ0n) is 10.2. The van der Waals surface area contributed by atoms with E-state index in [-0.39, 0.29) is 6.61 Å². The Morgan fingerprint density at radius 1 is 1.06 bits per heavy atom. The van der Waals surface area contributed by atoms with Crippen LogP contribution in [0, 0.1) is 0 Å². The van der Waals surface area contributed by atoms with E-state index in [0.29, 0.717) is 0 Å². The first-order valence-corrected chi connectivity index (χ1v) is 6.63. The van der Waals surface area contributed by atoms with Crippen molar-refractivity contribution >= 4 is 21.6 Å². The van der Waals surface area contributed by atoms with Crippen LogP contribution in [-0.4, -0.2) is 11.7 Å². The Kier molecular flexibility index (Phi) is 4.04. The molecule has 2 nitrogen and oxygen atoms in total. The van der Waals surface area contributed by atoms with Crippen LogP contribution in [0.1, 0.15) is 12.5 Å². The molecule has 2 aromatic rings. The second-order valence-electron chi connectivity index (χ2n) is 4.49. The summed E-state index contributed by atoms with van der Waals surface area (Å²) < 4.78 is 1.04. The van der Waals surface area contributed by atoms with E-state index < -0.39 is 5.54 Å². The summed E-state index contributed by atoms with van der Waals surface area (Å²) in [6, 6.07) is 17.9. The van der Waals surface area contributed by atoms with Crippen molar-refractivity contribution in [2.24, 2.45) is 0 Å². The monoisotopic (exact) mass is 305 g/mol. The van der Waals surface area contributed by atoms with Crippen molar-refractivity contribution in [2.75, 3.05) is 11.9 Å². The van der Waals surface area contributed by atoms with E-state index in [1.54, 1.807) is 0 Å². The quantitative estimate of drug-likeness (QED) is 0.901. The number of anilines is 1. The molecule has 1 atom stereocenters. The van der Waals surface area contributed by atoms with E-state index in [0.717, 1.165) is 15.7 Å². The molecule has 0 bridgehead atoms. The normalized spacial score (nSPS) is 13.9. The van der Waals surface area contributed by atoms with Gasteiger partial charge in [0, 0.05) is 10.2 Å². The summed E-state index contributed by atoms with van der Waals surface area (Å²) in [5.74, 6) is 0. The summed E-state index contributed by atoms with van der Waals surface area (Å²) >= 11 is 3.41. The van der Waals surface area contributed by atoms with Gasteiger partial charge in [-0.1, -0.05) is 46.3 Å². The Bertz CT molecular complexity index is 498. The number of aliphatic hydroxyl groups excluding tert-OH is 1. The summed E-state index contributed by atoms with van der Waals surface area (Å²) in [6.45, 7) is 2.03. The summed E-state index contributed by atoms with van der Waals surface area (Å²) in [5, 5.41) is 13.1. The first kappa shape index (κ1) is 13.1. The molecule has 0 spiro atoms. The number of rotatable bonds is 4. The average Bonchev–Trinajstić information content (AvgIpc) is 2.42. The number of nitrogens with one attached hydrogen (secondary N) is 1. The zero-order valence-corrected chi connectivity index (χ0v) is 11.8. The minimum Gasteiger partial charge on any atom is -0.394 e. The molecule has 0 aliphatic rings. The van der Waals surface area contributed by atoms with Crippen LogP contribution in [0.15, 0.2) is 59.1 Å². The molecule has 2 aromatic carbocycles. The molecule has 2 rings (SSSR count). The maximum absolute atomic E-state index is 9.68. The number of hydrogen-bond donors (Lipinski definition) is 2. The average molecular weight is 306 g/mol. The fraction of sp³-hybridized carbons (Fsp3) is 0.200. The highest BCUT2D eigenvalue weighted by molar-refractivity contribution is 9.10. The van der Waals surface area contributed by atoms with Gasteiger partial charge in [0.2, 0.25) is 0 Å². The highest BCUT2D eigenvalue weighted by atomic mass is 79.9. The van der Waals surface area contributed by atoms with E-state index in [9.17, 15) is 5.11 Å². The predicted octanol–water partition coefficient (Wildman–Crippen LogP) is 3.77. The minimum absolute atomic E-state index is 0.0348. The molecule has 0 aliphatic carbocycles. The maximum Gasteiger partial charge on any atom is 0.0828 e. The first-order chi connectivity index (χ1) is 8.64. The van der Waals surface area contributed by atoms with Crippen LogP contribution in [0.25, 0.3) is 0 Å². The van der Waals surface area contributed by atoms with Crippen molar-refractivity contribution < 1.29 is 5.11 Å². The molecule has 0 saturated carbocycles. The van der Waals surface area contributed by atoms with Gasteiger partial charge in [-0.25, -0.2) is 0 Å². The second-order valence-corrected chi connectivity index (χ2v) is 5.40. The summed E-state index contributed by atoms with van der Waals surface area (Å²) in [5.41, 5.74) is 1.57. The molecular formula is C15H16BrNO. The lowest BCUT2D eigenvalue weighted by molar-refractivity contribution is 0.224.